The van der Waals surface area contributed by atoms with Crippen molar-refractivity contribution in [3.8, 4) is 0 Å². The average Bonchev–Trinajstić information content (AvgIpc) is 2.58. The standard InChI is InChI=1S/C17H26N4O/c1-14-13-19-9-12-21(14)16(15-5-7-18-8-6-15)17(22)20-10-3-2-4-11-20/h5-8,14,16,19H,2-4,9-13H2,1H3. The van der Waals surface area contributed by atoms with Crippen LogP contribution in [-0.2, 0) is 4.79 Å². The summed E-state index contributed by atoms with van der Waals surface area (Å²) in [5, 5.41) is 3.41. The molecular weight excluding hydrogens is 276 g/mol. The molecule has 2 aliphatic rings. The smallest absolute Gasteiger partial charge is 0.244 e. The van der Waals surface area contributed by atoms with Crippen LogP contribution in [0.3, 0.4) is 0 Å². The van der Waals surface area contributed by atoms with Gasteiger partial charge in [-0.1, -0.05) is 0 Å². The Morgan fingerprint density at radius 1 is 1.23 bits per heavy atom. The van der Waals surface area contributed by atoms with E-state index in [1.54, 1.807) is 12.4 Å². The number of aromatic nitrogens is 1. The third-order valence-electron chi connectivity index (χ3n) is 4.81. The average molecular weight is 302 g/mol. The van der Waals surface area contributed by atoms with E-state index in [2.05, 4.69) is 27.0 Å². The van der Waals surface area contributed by atoms with Gasteiger partial charge < -0.3 is 10.2 Å². The Labute approximate surface area is 132 Å². The molecule has 0 aliphatic carbocycles. The van der Waals surface area contributed by atoms with Crippen LogP contribution in [0.4, 0.5) is 0 Å². The van der Waals surface area contributed by atoms with E-state index in [0.717, 1.165) is 51.1 Å². The predicted octanol–water partition coefficient (Wildman–Crippen LogP) is 1.43. The molecule has 0 saturated carbocycles. The van der Waals surface area contributed by atoms with E-state index in [1.165, 1.54) is 6.42 Å². The van der Waals surface area contributed by atoms with Gasteiger partial charge in [0.05, 0.1) is 0 Å². The van der Waals surface area contributed by atoms with Crippen molar-refractivity contribution in [3.05, 3.63) is 30.1 Å². The molecule has 5 nitrogen and oxygen atoms in total. The highest BCUT2D eigenvalue weighted by atomic mass is 16.2. The Kier molecular flexibility index (Phi) is 5.05. The first kappa shape index (κ1) is 15.4. The molecule has 0 bridgehead atoms. The van der Waals surface area contributed by atoms with Gasteiger partial charge in [0, 0.05) is 51.2 Å². The summed E-state index contributed by atoms with van der Waals surface area (Å²) in [7, 11) is 0. The van der Waals surface area contributed by atoms with Crippen LogP contribution in [0, 0.1) is 0 Å². The molecule has 1 aromatic heterocycles. The number of pyridine rings is 1. The van der Waals surface area contributed by atoms with Crippen molar-refractivity contribution < 1.29 is 4.79 Å². The minimum Gasteiger partial charge on any atom is -0.341 e. The highest BCUT2D eigenvalue weighted by Gasteiger charge is 2.35. The van der Waals surface area contributed by atoms with Crippen molar-refractivity contribution in [2.24, 2.45) is 0 Å². The number of amides is 1. The van der Waals surface area contributed by atoms with Gasteiger partial charge in [0.15, 0.2) is 0 Å². The van der Waals surface area contributed by atoms with Gasteiger partial charge in [0.2, 0.25) is 5.91 Å². The topological polar surface area (TPSA) is 48.5 Å². The summed E-state index contributed by atoms with van der Waals surface area (Å²) in [5.74, 6) is 0.264. The van der Waals surface area contributed by atoms with Gasteiger partial charge >= 0.3 is 0 Å². The summed E-state index contributed by atoms with van der Waals surface area (Å²) in [6.07, 6.45) is 7.09. The monoisotopic (exact) mass is 302 g/mol. The maximum atomic E-state index is 13.2. The van der Waals surface area contributed by atoms with Gasteiger partial charge in [-0.15, -0.1) is 0 Å². The van der Waals surface area contributed by atoms with Crippen molar-refractivity contribution in [2.45, 2.75) is 38.3 Å². The summed E-state index contributed by atoms with van der Waals surface area (Å²) < 4.78 is 0. The van der Waals surface area contributed by atoms with Crippen molar-refractivity contribution in [1.29, 1.82) is 0 Å². The number of carbonyl (C=O) groups is 1. The SMILES string of the molecule is CC1CNCCN1C(C(=O)N1CCCCC1)c1ccncc1. The largest absolute Gasteiger partial charge is 0.341 e. The van der Waals surface area contributed by atoms with Gasteiger partial charge in [-0.3, -0.25) is 14.7 Å². The third kappa shape index (κ3) is 3.31. The number of rotatable bonds is 3. The molecule has 22 heavy (non-hydrogen) atoms. The molecule has 2 atom stereocenters. The van der Waals surface area contributed by atoms with E-state index in [0.29, 0.717) is 6.04 Å². The second kappa shape index (κ2) is 7.20. The number of hydrogen-bond donors (Lipinski definition) is 1. The summed E-state index contributed by atoms with van der Waals surface area (Å²) in [6.45, 7) is 6.80. The van der Waals surface area contributed by atoms with Crippen LogP contribution in [-0.4, -0.2) is 59.5 Å². The first-order chi connectivity index (χ1) is 10.8. The molecule has 2 unspecified atom stereocenters. The van der Waals surface area contributed by atoms with E-state index in [4.69, 9.17) is 0 Å². The number of piperidine rings is 1. The number of nitrogens with one attached hydrogen (secondary N) is 1. The van der Waals surface area contributed by atoms with Crippen LogP contribution < -0.4 is 5.32 Å². The number of piperazine rings is 1. The number of likely N-dealkylation sites (tertiary alicyclic amines) is 1. The van der Waals surface area contributed by atoms with E-state index in [-0.39, 0.29) is 11.9 Å². The van der Waals surface area contributed by atoms with Gasteiger partial charge in [-0.05, 0) is 43.9 Å². The molecule has 1 amide bonds. The number of hydrogen-bond acceptors (Lipinski definition) is 4. The lowest BCUT2D eigenvalue weighted by Gasteiger charge is -2.41. The second-order valence-electron chi connectivity index (χ2n) is 6.36. The van der Waals surface area contributed by atoms with Crippen molar-refractivity contribution in [3.63, 3.8) is 0 Å². The highest BCUT2D eigenvalue weighted by molar-refractivity contribution is 5.83. The molecule has 3 rings (SSSR count). The summed E-state index contributed by atoms with van der Waals surface area (Å²) in [6, 6.07) is 4.17. The van der Waals surface area contributed by atoms with Gasteiger partial charge in [-0.25, -0.2) is 0 Å². The molecule has 2 saturated heterocycles. The lowest BCUT2D eigenvalue weighted by Crippen LogP contribution is -2.55. The summed E-state index contributed by atoms with van der Waals surface area (Å²) in [5.41, 5.74) is 1.07. The first-order valence-electron chi connectivity index (χ1n) is 8.42. The number of nitrogens with zero attached hydrogens (tertiary/aromatic N) is 3. The molecule has 120 valence electrons. The van der Waals surface area contributed by atoms with Crippen LogP contribution in [0.1, 0.15) is 37.8 Å². The van der Waals surface area contributed by atoms with E-state index >= 15 is 0 Å². The molecule has 3 heterocycles. The molecule has 2 fully saturated rings. The predicted molar refractivity (Wildman–Crippen MR) is 86.4 cm³/mol. The van der Waals surface area contributed by atoms with E-state index in [1.807, 2.05) is 12.1 Å². The fourth-order valence-corrected chi connectivity index (χ4v) is 3.55. The molecule has 1 N–H and O–H groups in total. The van der Waals surface area contributed by atoms with Crippen LogP contribution >= 0.6 is 0 Å². The van der Waals surface area contributed by atoms with Crippen molar-refractivity contribution in [1.82, 2.24) is 20.1 Å². The highest BCUT2D eigenvalue weighted by Crippen LogP contribution is 2.27. The zero-order valence-electron chi connectivity index (χ0n) is 13.4. The summed E-state index contributed by atoms with van der Waals surface area (Å²) in [4.78, 5) is 21.7. The van der Waals surface area contributed by atoms with Crippen molar-refractivity contribution >= 4 is 5.91 Å². The van der Waals surface area contributed by atoms with Crippen LogP contribution in [0.5, 0.6) is 0 Å². The third-order valence-corrected chi connectivity index (χ3v) is 4.81. The Hall–Kier alpha value is -1.46. The Morgan fingerprint density at radius 3 is 2.64 bits per heavy atom. The molecular formula is C17H26N4O. The van der Waals surface area contributed by atoms with Gasteiger partial charge in [0.25, 0.3) is 0 Å². The minimum absolute atomic E-state index is 0.168. The van der Waals surface area contributed by atoms with Crippen molar-refractivity contribution in [2.75, 3.05) is 32.7 Å². The molecule has 0 spiro atoms. The quantitative estimate of drug-likeness (QED) is 0.917. The Bertz CT molecular complexity index is 487. The van der Waals surface area contributed by atoms with Crippen LogP contribution in [0.2, 0.25) is 0 Å². The van der Waals surface area contributed by atoms with Crippen LogP contribution in [0.15, 0.2) is 24.5 Å². The Balaban J connectivity index is 1.86. The van der Waals surface area contributed by atoms with Gasteiger partial charge in [-0.2, -0.15) is 0 Å². The summed E-state index contributed by atoms with van der Waals surface area (Å²) >= 11 is 0. The maximum absolute atomic E-state index is 13.2. The molecule has 1 aromatic rings. The normalized spacial score (nSPS) is 25.0. The molecule has 0 radical (unpaired) electrons. The molecule has 0 aromatic carbocycles. The molecule has 2 aliphatic heterocycles. The second-order valence-corrected chi connectivity index (χ2v) is 6.36. The zero-order chi connectivity index (χ0) is 15.4. The van der Waals surface area contributed by atoms with Crippen LogP contribution in [0.25, 0.3) is 0 Å². The van der Waals surface area contributed by atoms with Gasteiger partial charge in [0.1, 0.15) is 6.04 Å². The maximum Gasteiger partial charge on any atom is 0.244 e. The zero-order valence-corrected chi connectivity index (χ0v) is 13.4. The fourth-order valence-electron chi connectivity index (χ4n) is 3.55. The first-order valence-corrected chi connectivity index (χ1v) is 8.42. The number of carbonyl (C=O) groups excluding carboxylic acids is 1. The fraction of sp³-hybridized carbons (Fsp3) is 0.647. The van der Waals surface area contributed by atoms with E-state index < -0.39 is 0 Å². The minimum atomic E-state index is -0.168. The lowest BCUT2D eigenvalue weighted by atomic mass is 10.0. The van der Waals surface area contributed by atoms with E-state index in [9.17, 15) is 4.79 Å². The molecule has 5 heteroatoms. The lowest BCUT2D eigenvalue weighted by molar-refractivity contribution is -0.139. The Morgan fingerprint density at radius 2 is 1.95 bits per heavy atom.